The van der Waals surface area contributed by atoms with E-state index in [0.29, 0.717) is 23.4 Å². The van der Waals surface area contributed by atoms with Gasteiger partial charge >= 0.3 is 0 Å². The molecule has 3 aromatic rings. The molecule has 1 N–H and O–H groups in total. The lowest BCUT2D eigenvalue weighted by atomic mass is 9.93. The Morgan fingerprint density at radius 2 is 1.80 bits per heavy atom. The molecule has 0 spiro atoms. The lowest BCUT2D eigenvalue weighted by molar-refractivity contribution is -0.132. The number of carbonyl (C=O) groups is 2. The van der Waals surface area contributed by atoms with E-state index in [1.54, 1.807) is 30.6 Å². The summed E-state index contributed by atoms with van der Waals surface area (Å²) in [5, 5.41) is 11.5. The van der Waals surface area contributed by atoms with E-state index in [1.807, 2.05) is 65.0 Å². The largest absolute Gasteiger partial charge is 0.507 e. The van der Waals surface area contributed by atoms with Crippen molar-refractivity contribution in [1.29, 1.82) is 0 Å². The van der Waals surface area contributed by atoms with Crippen LogP contribution in [0, 0.1) is 13.8 Å². The number of aryl methyl sites for hydroxylation is 2. The zero-order valence-corrected chi connectivity index (χ0v) is 20.7. The maximum absolute atomic E-state index is 13.4. The number of ether oxygens (including phenoxy) is 1. The number of hydrogen-bond acceptors (Lipinski definition) is 5. The minimum atomic E-state index is -0.807. The predicted molar refractivity (Wildman–Crippen MR) is 137 cm³/mol. The number of Topliss-reactive ketones (excluding diaryl/α,β-unsaturated/α-hetero) is 1. The molecule has 180 valence electrons. The quantitative estimate of drug-likeness (QED) is 0.278. The molecule has 0 aliphatic carbocycles. The molecule has 2 aromatic carbocycles. The van der Waals surface area contributed by atoms with Crippen LogP contribution in [0.4, 0.5) is 5.69 Å². The number of ketones is 1. The monoisotopic (exact) mass is 470 g/mol. The molecule has 1 saturated heterocycles. The number of pyridine rings is 1. The van der Waals surface area contributed by atoms with Gasteiger partial charge < -0.3 is 9.84 Å². The number of carbonyl (C=O) groups excluding carboxylic acids is 2. The van der Waals surface area contributed by atoms with E-state index in [1.165, 1.54) is 4.90 Å². The third-order valence-electron chi connectivity index (χ3n) is 6.13. The minimum Gasteiger partial charge on any atom is -0.507 e. The molecule has 0 saturated carbocycles. The number of aromatic nitrogens is 1. The SMILES string of the molecule is CCOc1ccc(/C(O)=C2/C(=O)C(=O)N(c3cc(C)cc(C)c3)C2c2cccnc2)cc1C(C)C. The van der Waals surface area contributed by atoms with Crippen molar-refractivity contribution in [2.24, 2.45) is 0 Å². The highest BCUT2D eigenvalue weighted by atomic mass is 16.5. The van der Waals surface area contributed by atoms with Gasteiger partial charge in [0, 0.05) is 23.6 Å². The van der Waals surface area contributed by atoms with Gasteiger partial charge in [0.05, 0.1) is 18.2 Å². The molecule has 35 heavy (non-hydrogen) atoms. The first-order chi connectivity index (χ1) is 16.7. The zero-order valence-electron chi connectivity index (χ0n) is 20.7. The number of benzene rings is 2. The first-order valence-corrected chi connectivity index (χ1v) is 11.8. The second kappa shape index (κ2) is 9.74. The first kappa shape index (κ1) is 24.2. The summed E-state index contributed by atoms with van der Waals surface area (Å²) in [7, 11) is 0. The maximum atomic E-state index is 13.4. The van der Waals surface area contributed by atoms with E-state index in [4.69, 9.17) is 4.74 Å². The van der Waals surface area contributed by atoms with Gasteiger partial charge in [-0.15, -0.1) is 0 Å². The standard InChI is InChI=1S/C29H30N2O4/c1-6-35-24-10-9-20(15-23(24)17(2)3)27(32)25-26(21-8-7-11-30-16-21)31(29(34)28(25)33)22-13-18(4)12-19(5)14-22/h7-17,26,32H,6H2,1-5H3/b27-25-. The molecule has 6 nitrogen and oxygen atoms in total. The summed E-state index contributed by atoms with van der Waals surface area (Å²) in [5.74, 6) is -0.750. The van der Waals surface area contributed by atoms with E-state index in [2.05, 4.69) is 4.98 Å². The third-order valence-corrected chi connectivity index (χ3v) is 6.13. The van der Waals surface area contributed by atoms with Gasteiger partial charge in [0.25, 0.3) is 11.7 Å². The fourth-order valence-electron chi connectivity index (χ4n) is 4.63. The normalized spacial score (nSPS) is 17.3. The van der Waals surface area contributed by atoms with Gasteiger partial charge in [-0.1, -0.05) is 26.0 Å². The Hall–Kier alpha value is -3.93. The highest BCUT2D eigenvalue weighted by molar-refractivity contribution is 6.51. The van der Waals surface area contributed by atoms with Crippen LogP contribution >= 0.6 is 0 Å². The van der Waals surface area contributed by atoms with Gasteiger partial charge in [-0.2, -0.15) is 0 Å². The van der Waals surface area contributed by atoms with Gasteiger partial charge in [-0.3, -0.25) is 19.5 Å². The summed E-state index contributed by atoms with van der Waals surface area (Å²) in [4.78, 5) is 32.4. The van der Waals surface area contributed by atoms with Gasteiger partial charge in [0.1, 0.15) is 11.5 Å². The number of hydrogen-bond donors (Lipinski definition) is 1. The number of nitrogens with zero attached hydrogens (tertiary/aromatic N) is 2. The molecule has 1 atom stereocenters. The Labute approximate surface area is 205 Å². The molecule has 1 aliphatic rings. The summed E-state index contributed by atoms with van der Waals surface area (Å²) in [5.41, 5.74) is 4.61. The average molecular weight is 471 g/mol. The van der Waals surface area contributed by atoms with E-state index < -0.39 is 17.7 Å². The molecular weight excluding hydrogens is 440 g/mol. The molecule has 1 unspecified atom stereocenters. The van der Waals surface area contributed by atoms with Crippen LogP contribution in [-0.4, -0.2) is 28.4 Å². The highest BCUT2D eigenvalue weighted by Crippen LogP contribution is 2.43. The van der Waals surface area contributed by atoms with Crippen molar-refractivity contribution >= 4 is 23.1 Å². The molecule has 6 heteroatoms. The maximum Gasteiger partial charge on any atom is 0.300 e. The molecule has 0 radical (unpaired) electrons. The van der Waals surface area contributed by atoms with E-state index in [-0.39, 0.29) is 17.3 Å². The average Bonchev–Trinajstić information content (AvgIpc) is 3.09. The molecular formula is C29H30N2O4. The van der Waals surface area contributed by atoms with Crippen LogP contribution in [0.15, 0.2) is 66.5 Å². The van der Waals surface area contributed by atoms with Crippen LogP contribution in [0.25, 0.3) is 5.76 Å². The fraction of sp³-hybridized carbons (Fsp3) is 0.276. The van der Waals surface area contributed by atoms with Crippen LogP contribution in [0.1, 0.15) is 60.5 Å². The summed E-state index contributed by atoms with van der Waals surface area (Å²) in [6.45, 7) is 10.4. The third kappa shape index (κ3) is 4.56. The molecule has 2 heterocycles. The van der Waals surface area contributed by atoms with Gasteiger partial charge in [0.2, 0.25) is 0 Å². The summed E-state index contributed by atoms with van der Waals surface area (Å²) < 4.78 is 5.75. The molecule has 1 fully saturated rings. The van der Waals surface area contributed by atoms with Crippen molar-refractivity contribution in [3.8, 4) is 5.75 Å². The smallest absolute Gasteiger partial charge is 0.300 e. The van der Waals surface area contributed by atoms with Crippen LogP contribution in [-0.2, 0) is 9.59 Å². The van der Waals surface area contributed by atoms with Crippen molar-refractivity contribution < 1.29 is 19.4 Å². The van der Waals surface area contributed by atoms with Crippen LogP contribution in [0.5, 0.6) is 5.75 Å². The fourth-order valence-corrected chi connectivity index (χ4v) is 4.63. The summed E-state index contributed by atoms with van der Waals surface area (Å²) in [6.07, 6.45) is 3.26. The Balaban J connectivity index is 1.94. The van der Waals surface area contributed by atoms with Crippen molar-refractivity contribution in [2.75, 3.05) is 11.5 Å². The molecule has 1 aromatic heterocycles. The van der Waals surface area contributed by atoms with Crippen LogP contribution < -0.4 is 9.64 Å². The Morgan fingerprint density at radius 1 is 1.09 bits per heavy atom. The van der Waals surface area contributed by atoms with E-state index in [0.717, 1.165) is 22.4 Å². The predicted octanol–water partition coefficient (Wildman–Crippen LogP) is 5.85. The van der Waals surface area contributed by atoms with Gasteiger partial charge in [0.15, 0.2) is 0 Å². The van der Waals surface area contributed by atoms with Crippen molar-refractivity contribution in [2.45, 2.75) is 46.6 Å². The van der Waals surface area contributed by atoms with Crippen molar-refractivity contribution in [3.63, 3.8) is 0 Å². The van der Waals surface area contributed by atoms with Crippen molar-refractivity contribution in [3.05, 3.63) is 94.3 Å². The number of amides is 1. The summed E-state index contributed by atoms with van der Waals surface area (Å²) >= 11 is 0. The Bertz CT molecular complexity index is 1290. The second-order valence-corrected chi connectivity index (χ2v) is 9.14. The number of rotatable bonds is 6. The first-order valence-electron chi connectivity index (χ1n) is 11.8. The highest BCUT2D eigenvalue weighted by Gasteiger charge is 2.47. The lowest BCUT2D eigenvalue weighted by Gasteiger charge is -2.26. The Morgan fingerprint density at radius 3 is 2.40 bits per heavy atom. The number of aliphatic hydroxyl groups is 1. The van der Waals surface area contributed by atoms with E-state index in [9.17, 15) is 14.7 Å². The molecule has 1 aliphatic heterocycles. The topological polar surface area (TPSA) is 79.7 Å². The number of aliphatic hydroxyl groups excluding tert-OH is 1. The van der Waals surface area contributed by atoms with Crippen LogP contribution in [0.2, 0.25) is 0 Å². The molecule has 0 bridgehead atoms. The summed E-state index contributed by atoms with van der Waals surface area (Å²) in [6, 6.07) is 13.9. The molecule has 4 rings (SSSR count). The van der Waals surface area contributed by atoms with Crippen LogP contribution in [0.3, 0.4) is 0 Å². The zero-order chi connectivity index (χ0) is 25.3. The van der Waals surface area contributed by atoms with Gasteiger partial charge in [-0.05, 0) is 85.3 Å². The van der Waals surface area contributed by atoms with E-state index >= 15 is 0 Å². The molecule has 1 amide bonds. The Kier molecular flexibility index (Phi) is 6.74. The number of anilines is 1. The van der Waals surface area contributed by atoms with Crippen molar-refractivity contribution in [1.82, 2.24) is 4.98 Å². The van der Waals surface area contributed by atoms with Gasteiger partial charge in [-0.25, -0.2) is 0 Å². The lowest BCUT2D eigenvalue weighted by Crippen LogP contribution is -2.29. The minimum absolute atomic E-state index is 0.0426. The second-order valence-electron chi connectivity index (χ2n) is 9.14.